The maximum atomic E-state index is 13.1. The number of fused-ring (bicyclic) bond motifs is 1. The maximum absolute atomic E-state index is 13.1. The fourth-order valence-electron chi connectivity index (χ4n) is 2.66. The van der Waals surface area contributed by atoms with Crippen LogP contribution in [0.2, 0.25) is 0 Å². The Bertz CT molecular complexity index is 971. The van der Waals surface area contributed by atoms with Crippen molar-refractivity contribution in [2.24, 2.45) is 5.92 Å². The fraction of sp³-hybridized carbons (Fsp3) is 0.316. The number of carbonyl (C=O) groups excluding carboxylic acids is 1. The van der Waals surface area contributed by atoms with Gasteiger partial charge in [0.05, 0.1) is 16.3 Å². The average molecular weight is 391 g/mol. The third-order valence-electron chi connectivity index (χ3n) is 4.66. The van der Waals surface area contributed by atoms with Gasteiger partial charge in [-0.3, -0.25) is 9.10 Å². The minimum Gasteiger partial charge on any atom is -0.325 e. The molecule has 1 atom stereocenters. The van der Waals surface area contributed by atoms with Crippen molar-refractivity contribution in [3.63, 3.8) is 0 Å². The van der Waals surface area contributed by atoms with Crippen LogP contribution in [0.3, 0.4) is 0 Å². The molecule has 1 aliphatic rings. The molecule has 0 radical (unpaired) electrons. The molecule has 1 amide bonds. The van der Waals surface area contributed by atoms with Crippen LogP contribution in [0.1, 0.15) is 18.1 Å². The lowest BCUT2D eigenvalue weighted by Gasteiger charge is -2.21. The quantitative estimate of drug-likeness (QED) is 0.865. The van der Waals surface area contributed by atoms with Crippen LogP contribution in [0, 0.1) is 19.8 Å². The van der Waals surface area contributed by atoms with E-state index in [9.17, 15) is 13.2 Å². The molecule has 0 spiro atoms. The van der Waals surface area contributed by atoms with Crippen LogP contribution in [0.25, 0.3) is 0 Å². The van der Waals surface area contributed by atoms with Crippen molar-refractivity contribution in [3.8, 4) is 0 Å². The lowest BCUT2D eigenvalue weighted by molar-refractivity contribution is -0.118. The number of rotatable bonds is 3. The highest BCUT2D eigenvalue weighted by Crippen LogP contribution is 2.35. The second kappa shape index (κ2) is 6.96. The van der Waals surface area contributed by atoms with E-state index in [1.165, 1.54) is 4.31 Å². The molecule has 1 aliphatic heterocycles. The van der Waals surface area contributed by atoms with Gasteiger partial charge in [0.25, 0.3) is 10.0 Å². The van der Waals surface area contributed by atoms with Crippen molar-refractivity contribution >= 4 is 39.1 Å². The lowest BCUT2D eigenvalue weighted by Crippen LogP contribution is -2.27. The first kappa shape index (κ1) is 18.8. The van der Waals surface area contributed by atoms with Crippen LogP contribution in [0.15, 0.2) is 46.2 Å². The van der Waals surface area contributed by atoms with Crippen molar-refractivity contribution < 1.29 is 13.2 Å². The van der Waals surface area contributed by atoms with Crippen molar-refractivity contribution in [1.82, 2.24) is 0 Å². The van der Waals surface area contributed by atoms with Gasteiger partial charge < -0.3 is 5.32 Å². The monoisotopic (exact) mass is 390 g/mol. The summed E-state index contributed by atoms with van der Waals surface area (Å²) in [5.41, 5.74) is 3.30. The SMILES string of the molecule is Cc1ccc(N(C)S(=O)(=O)c2ccc3c(c2)NC(=O)[C@H](C)CS3)cc1C. The number of hydrogen-bond acceptors (Lipinski definition) is 4. The number of nitrogens with one attached hydrogen (secondary N) is 1. The molecule has 3 rings (SSSR count). The molecule has 138 valence electrons. The summed E-state index contributed by atoms with van der Waals surface area (Å²) in [5, 5.41) is 2.84. The highest BCUT2D eigenvalue weighted by Gasteiger charge is 2.25. The maximum Gasteiger partial charge on any atom is 0.264 e. The Morgan fingerprint density at radius 1 is 1.12 bits per heavy atom. The van der Waals surface area contributed by atoms with Gasteiger partial charge in [0.1, 0.15) is 0 Å². The van der Waals surface area contributed by atoms with Crippen LogP contribution in [0.4, 0.5) is 11.4 Å². The molecule has 0 fully saturated rings. The van der Waals surface area contributed by atoms with E-state index in [4.69, 9.17) is 0 Å². The summed E-state index contributed by atoms with van der Waals surface area (Å²) in [6.07, 6.45) is 0. The Hall–Kier alpha value is -1.99. The molecule has 0 saturated heterocycles. The number of aryl methyl sites for hydroxylation is 2. The van der Waals surface area contributed by atoms with E-state index in [0.29, 0.717) is 17.1 Å². The number of benzene rings is 2. The largest absolute Gasteiger partial charge is 0.325 e. The van der Waals surface area contributed by atoms with E-state index in [2.05, 4.69) is 5.32 Å². The summed E-state index contributed by atoms with van der Waals surface area (Å²) >= 11 is 1.56. The molecule has 0 bridgehead atoms. The summed E-state index contributed by atoms with van der Waals surface area (Å²) in [5.74, 6) is 0.465. The van der Waals surface area contributed by atoms with Crippen molar-refractivity contribution in [3.05, 3.63) is 47.5 Å². The zero-order valence-electron chi connectivity index (χ0n) is 15.2. The Morgan fingerprint density at radius 2 is 1.85 bits per heavy atom. The molecule has 1 heterocycles. The molecule has 1 N–H and O–H groups in total. The van der Waals surface area contributed by atoms with E-state index in [1.807, 2.05) is 32.9 Å². The number of sulfonamides is 1. The highest BCUT2D eigenvalue weighted by atomic mass is 32.2. The molecular formula is C19H22N2O3S2. The molecule has 2 aromatic rings. The molecular weight excluding hydrogens is 368 g/mol. The van der Waals surface area contributed by atoms with E-state index in [0.717, 1.165) is 16.0 Å². The van der Waals surface area contributed by atoms with E-state index in [1.54, 1.807) is 43.1 Å². The predicted octanol–water partition coefficient (Wildman–Crippen LogP) is 3.81. The average Bonchev–Trinajstić information content (AvgIpc) is 2.75. The fourth-order valence-corrected chi connectivity index (χ4v) is 4.88. The third-order valence-corrected chi connectivity index (χ3v) is 7.77. The highest BCUT2D eigenvalue weighted by molar-refractivity contribution is 7.99. The summed E-state index contributed by atoms with van der Waals surface area (Å²) < 4.78 is 27.4. The summed E-state index contributed by atoms with van der Waals surface area (Å²) in [6.45, 7) is 5.80. The van der Waals surface area contributed by atoms with Crippen LogP contribution < -0.4 is 9.62 Å². The number of anilines is 2. The first-order chi connectivity index (χ1) is 12.2. The summed E-state index contributed by atoms with van der Waals surface area (Å²) in [7, 11) is -2.18. The van der Waals surface area contributed by atoms with Gasteiger partial charge in [0.15, 0.2) is 0 Å². The van der Waals surface area contributed by atoms with Crippen molar-refractivity contribution in [1.29, 1.82) is 0 Å². The van der Waals surface area contributed by atoms with Gasteiger partial charge in [0, 0.05) is 23.6 Å². The van der Waals surface area contributed by atoms with Gasteiger partial charge in [-0.1, -0.05) is 13.0 Å². The molecule has 2 aromatic carbocycles. The predicted molar refractivity (Wildman–Crippen MR) is 106 cm³/mol. The molecule has 7 heteroatoms. The molecule has 0 aliphatic carbocycles. The van der Waals surface area contributed by atoms with E-state index < -0.39 is 10.0 Å². The number of carbonyl (C=O) groups is 1. The minimum atomic E-state index is -3.73. The van der Waals surface area contributed by atoms with Gasteiger partial charge >= 0.3 is 0 Å². The summed E-state index contributed by atoms with van der Waals surface area (Å²) in [4.78, 5) is 13.1. The molecule has 0 unspecified atom stereocenters. The van der Waals surface area contributed by atoms with Crippen molar-refractivity contribution in [2.45, 2.75) is 30.6 Å². The van der Waals surface area contributed by atoms with Gasteiger partial charge in [-0.25, -0.2) is 8.42 Å². The third kappa shape index (κ3) is 3.46. The molecule has 26 heavy (non-hydrogen) atoms. The van der Waals surface area contributed by atoms with Crippen molar-refractivity contribution in [2.75, 3.05) is 22.4 Å². The molecule has 5 nitrogen and oxygen atoms in total. The Morgan fingerprint density at radius 3 is 2.54 bits per heavy atom. The van der Waals surface area contributed by atoms with E-state index in [-0.39, 0.29) is 16.7 Å². The Kier molecular flexibility index (Phi) is 5.03. The van der Waals surface area contributed by atoms with Gasteiger partial charge in [0.2, 0.25) is 5.91 Å². The molecule has 0 saturated carbocycles. The number of hydrogen-bond donors (Lipinski definition) is 1. The zero-order chi connectivity index (χ0) is 19.1. The first-order valence-electron chi connectivity index (χ1n) is 8.34. The van der Waals surface area contributed by atoms with Gasteiger partial charge in [-0.05, 0) is 55.3 Å². The Labute approximate surface area is 158 Å². The number of nitrogens with zero attached hydrogens (tertiary/aromatic N) is 1. The number of thioether (sulfide) groups is 1. The molecule has 0 aromatic heterocycles. The smallest absolute Gasteiger partial charge is 0.264 e. The summed E-state index contributed by atoms with van der Waals surface area (Å²) in [6, 6.07) is 10.5. The first-order valence-corrected chi connectivity index (χ1v) is 10.8. The van der Waals surface area contributed by atoms with Crippen LogP contribution >= 0.6 is 11.8 Å². The van der Waals surface area contributed by atoms with Gasteiger partial charge in [-0.2, -0.15) is 0 Å². The normalized spacial score (nSPS) is 17.2. The minimum absolute atomic E-state index is 0.0895. The zero-order valence-corrected chi connectivity index (χ0v) is 16.9. The van der Waals surface area contributed by atoms with Crippen LogP contribution in [-0.2, 0) is 14.8 Å². The standard InChI is InChI=1S/C19H22N2O3S2/c1-12-5-6-15(9-13(12)2)21(4)26(23,24)16-7-8-18-17(10-16)20-19(22)14(3)11-25-18/h5-10,14H,11H2,1-4H3,(H,20,22)/t14-/m1/s1. The Balaban J connectivity index is 1.98. The lowest BCUT2D eigenvalue weighted by atomic mass is 10.1. The second-order valence-corrected chi connectivity index (χ2v) is 9.63. The number of amides is 1. The second-order valence-electron chi connectivity index (χ2n) is 6.60. The van der Waals surface area contributed by atoms with E-state index >= 15 is 0 Å². The van der Waals surface area contributed by atoms with Gasteiger partial charge in [-0.15, -0.1) is 11.8 Å². The topological polar surface area (TPSA) is 66.5 Å². The van der Waals surface area contributed by atoms with Crippen LogP contribution in [0.5, 0.6) is 0 Å². The van der Waals surface area contributed by atoms with Crippen LogP contribution in [-0.4, -0.2) is 27.1 Å².